The highest BCUT2D eigenvalue weighted by Gasteiger charge is 2.19. The number of hydrogen-bond donors (Lipinski definition) is 1. The van der Waals surface area contributed by atoms with Crippen molar-refractivity contribution in [1.82, 2.24) is 10.2 Å². The minimum Gasteiger partial charge on any atom is -0.465 e. The number of carbonyl (C=O) groups excluding carboxylic acids is 2. The van der Waals surface area contributed by atoms with E-state index in [1.165, 1.54) is 12.1 Å². The van der Waals surface area contributed by atoms with Gasteiger partial charge in [0, 0.05) is 6.07 Å². The normalized spacial score (nSPS) is 9.92. The van der Waals surface area contributed by atoms with E-state index in [2.05, 4.69) is 20.3 Å². The first-order valence-electron chi connectivity index (χ1n) is 6.54. The van der Waals surface area contributed by atoms with Crippen LogP contribution in [0.4, 0.5) is 14.5 Å². The number of ether oxygens (including phenoxy) is 1. The Bertz CT molecular complexity index is 832. The third-order valence-electron chi connectivity index (χ3n) is 2.93. The third kappa shape index (κ3) is 3.67. The first kappa shape index (κ1) is 17.0. The summed E-state index contributed by atoms with van der Waals surface area (Å²) in [5, 5.41) is 18.1. The molecule has 0 unspecified atom stereocenters. The van der Waals surface area contributed by atoms with Gasteiger partial charge >= 0.3 is 5.97 Å². The van der Waals surface area contributed by atoms with E-state index in [4.69, 9.17) is 5.26 Å². The molecular weight excluding hydrogens is 322 g/mol. The Kier molecular flexibility index (Phi) is 5.11. The second kappa shape index (κ2) is 7.23. The van der Waals surface area contributed by atoms with Crippen molar-refractivity contribution in [2.24, 2.45) is 0 Å². The van der Waals surface area contributed by atoms with E-state index in [0.717, 1.165) is 7.11 Å². The Morgan fingerprint density at radius 1 is 1.25 bits per heavy atom. The van der Waals surface area contributed by atoms with Gasteiger partial charge in [0.25, 0.3) is 5.91 Å². The van der Waals surface area contributed by atoms with Crippen LogP contribution in [-0.2, 0) is 11.2 Å². The number of carbonyl (C=O) groups is 2. The minimum absolute atomic E-state index is 0.0323. The maximum Gasteiger partial charge on any atom is 0.340 e. The van der Waals surface area contributed by atoms with Crippen LogP contribution in [0, 0.1) is 23.0 Å². The molecule has 2 aromatic rings. The van der Waals surface area contributed by atoms with Crippen LogP contribution in [0.3, 0.4) is 0 Å². The fourth-order valence-corrected chi connectivity index (χ4v) is 1.77. The molecule has 0 bridgehead atoms. The summed E-state index contributed by atoms with van der Waals surface area (Å²) in [7, 11) is 1.06. The number of nitrogens with one attached hydrogen (secondary N) is 1. The van der Waals surface area contributed by atoms with Crippen molar-refractivity contribution in [2.45, 2.75) is 6.42 Å². The maximum absolute atomic E-state index is 13.4. The number of halogens is 2. The van der Waals surface area contributed by atoms with Gasteiger partial charge in [-0.25, -0.2) is 13.6 Å². The monoisotopic (exact) mass is 332 g/mol. The van der Waals surface area contributed by atoms with Crippen LogP contribution >= 0.6 is 0 Å². The van der Waals surface area contributed by atoms with Gasteiger partial charge in [0.2, 0.25) is 0 Å². The molecule has 2 rings (SSSR count). The standard InChI is InChI=1S/C15H10F2N4O3/c1-24-15(23)9-6-10(16)11(17)7-13(9)19-14(22)12-3-2-8(4-5-18)20-21-12/h2-3,6-7H,4H2,1H3,(H,19,22). The van der Waals surface area contributed by atoms with Crippen LogP contribution in [-0.4, -0.2) is 29.2 Å². The highest BCUT2D eigenvalue weighted by molar-refractivity contribution is 6.07. The zero-order valence-electron chi connectivity index (χ0n) is 12.3. The first-order chi connectivity index (χ1) is 11.5. The van der Waals surface area contributed by atoms with Crippen LogP contribution < -0.4 is 5.32 Å². The smallest absolute Gasteiger partial charge is 0.340 e. The summed E-state index contributed by atoms with van der Waals surface area (Å²) in [6, 6.07) is 5.91. The molecule has 0 fully saturated rings. The highest BCUT2D eigenvalue weighted by atomic mass is 19.2. The molecule has 24 heavy (non-hydrogen) atoms. The van der Waals surface area contributed by atoms with Crippen molar-refractivity contribution < 1.29 is 23.1 Å². The van der Waals surface area contributed by atoms with E-state index in [-0.39, 0.29) is 23.4 Å². The van der Waals surface area contributed by atoms with Gasteiger partial charge in [-0.05, 0) is 18.2 Å². The maximum atomic E-state index is 13.4. The summed E-state index contributed by atoms with van der Waals surface area (Å²) in [5.41, 5.74) is -0.373. The van der Waals surface area contributed by atoms with E-state index in [1.807, 2.05) is 6.07 Å². The molecule has 0 spiro atoms. The molecule has 0 aliphatic rings. The summed E-state index contributed by atoms with van der Waals surface area (Å²) in [6.07, 6.45) is 0.0323. The molecule has 0 radical (unpaired) electrons. The number of rotatable bonds is 4. The van der Waals surface area contributed by atoms with Gasteiger partial charge in [0.05, 0.1) is 36.5 Å². The lowest BCUT2D eigenvalue weighted by Crippen LogP contribution is -2.18. The highest BCUT2D eigenvalue weighted by Crippen LogP contribution is 2.21. The number of nitrogens with zero attached hydrogens (tertiary/aromatic N) is 3. The molecule has 0 aliphatic heterocycles. The molecule has 122 valence electrons. The van der Waals surface area contributed by atoms with Crippen LogP contribution in [0.5, 0.6) is 0 Å². The van der Waals surface area contributed by atoms with Gasteiger partial charge in [-0.15, -0.1) is 5.10 Å². The Morgan fingerprint density at radius 3 is 2.54 bits per heavy atom. The molecule has 0 saturated heterocycles. The topological polar surface area (TPSA) is 105 Å². The minimum atomic E-state index is -1.26. The number of amides is 1. The predicted octanol–water partition coefficient (Wildman–Crippen LogP) is 1.86. The lowest BCUT2D eigenvalue weighted by Gasteiger charge is -2.10. The van der Waals surface area contributed by atoms with Crippen molar-refractivity contribution in [3.05, 3.63) is 52.9 Å². The van der Waals surface area contributed by atoms with Crippen LogP contribution in [0.1, 0.15) is 26.5 Å². The quantitative estimate of drug-likeness (QED) is 0.857. The van der Waals surface area contributed by atoms with Crippen molar-refractivity contribution in [3.8, 4) is 6.07 Å². The van der Waals surface area contributed by atoms with E-state index in [1.54, 1.807) is 0 Å². The Morgan fingerprint density at radius 2 is 1.96 bits per heavy atom. The number of aromatic nitrogens is 2. The lowest BCUT2D eigenvalue weighted by molar-refractivity contribution is 0.0601. The van der Waals surface area contributed by atoms with E-state index >= 15 is 0 Å². The molecule has 0 saturated carbocycles. The molecule has 9 heteroatoms. The predicted molar refractivity (Wildman–Crippen MR) is 77.0 cm³/mol. The summed E-state index contributed by atoms with van der Waals surface area (Å²) >= 11 is 0. The lowest BCUT2D eigenvalue weighted by atomic mass is 10.1. The third-order valence-corrected chi connectivity index (χ3v) is 2.93. The van der Waals surface area contributed by atoms with Crippen molar-refractivity contribution in [2.75, 3.05) is 12.4 Å². The SMILES string of the molecule is COC(=O)c1cc(F)c(F)cc1NC(=O)c1ccc(CC#N)nn1. The molecular formula is C15H10F2N4O3. The zero-order valence-corrected chi connectivity index (χ0v) is 12.3. The number of esters is 1. The largest absolute Gasteiger partial charge is 0.465 e. The summed E-state index contributed by atoms with van der Waals surface area (Å²) in [6.45, 7) is 0. The second-order valence-electron chi connectivity index (χ2n) is 4.50. The van der Waals surface area contributed by atoms with Gasteiger partial charge in [-0.1, -0.05) is 0 Å². The molecule has 1 amide bonds. The van der Waals surface area contributed by atoms with Gasteiger partial charge in [0.1, 0.15) is 0 Å². The second-order valence-corrected chi connectivity index (χ2v) is 4.50. The molecule has 0 aliphatic carbocycles. The Hall–Kier alpha value is -3.41. The van der Waals surface area contributed by atoms with Crippen LogP contribution in [0.2, 0.25) is 0 Å². The number of hydrogen-bond acceptors (Lipinski definition) is 6. The van der Waals surface area contributed by atoms with Crippen molar-refractivity contribution >= 4 is 17.6 Å². The number of benzene rings is 1. The van der Waals surface area contributed by atoms with Crippen LogP contribution in [0.25, 0.3) is 0 Å². The average molecular weight is 332 g/mol. The number of methoxy groups -OCH3 is 1. The zero-order chi connectivity index (χ0) is 17.7. The van der Waals surface area contributed by atoms with E-state index < -0.39 is 23.5 Å². The Balaban J connectivity index is 2.29. The van der Waals surface area contributed by atoms with E-state index in [0.29, 0.717) is 17.8 Å². The van der Waals surface area contributed by atoms with Gasteiger partial charge in [0.15, 0.2) is 17.3 Å². The Labute approximate surface area is 134 Å². The fraction of sp³-hybridized carbons (Fsp3) is 0.133. The van der Waals surface area contributed by atoms with Crippen molar-refractivity contribution in [1.29, 1.82) is 5.26 Å². The molecule has 1 N–H and O–H groups in total. The fourth-order valence-electron chi connectivity index (χ4n) is 1.77. The first-order valence-corrected chi connectivity index (χ1v) is 6.54. The summed E-state index contributed by atoms with van der Waals surface area (Å²) < 4.78 is 31.1. The molecule has 0 atom stereocenters. The van der Waals surface area contributed by atoms with E-state index in [9.17, 15) is 18.4 Å². The van der Waals surface area contributed by atoms with Crippen LogP contribution in [0.15, 0.2) is 24.3 Å². The molecule has 1 aromatic carbocycles. The number of anilines is 1. The van der Waals surface area contributed by atoms with Gasteiger partial charge in [-0.2, -0.15) is 10.4 Å². The average Bonchev–Trinajstić information content (AvgIpc) is 2.58. The molecule has 7 nitrogen and oxygen atoms in total. The molecule has 1 heterocycles. The number of nitriles is 1. The summed E-state index contributed by atoms with van der Waals surface area (Å²) in [5.74, 6) is -4.23. The molecule has 1 aromatic heterocycles. The summed E-state index contributed by atoms with van der Waals surface area (Å²) in [4.78, 5) is 23.7. The van der Waals surface area contributed by atoms with Gasteiger partial charge < -0.3 is 10.1 Å². The van der Waals surface area contributed by atoms with Gasteiger partial charge in [-0.3, -0.25) is 4.79 Å². The van der Waals surface area contributed by atoms with Crippen molar-refractivity contribution in [3.63, 3.8) is 0 Å².